The molecule has 3 rings (SSSR count). The van der Waals surface area contributed by atoms with Crippen molar-refractivity contribution in [3.8, 4) is 5.69 Å². The van der Waals surface area contributed by atoms with Crippen molar-refractivity contribution < 1.29 is 5.11 Å². The molecule has 3 aromatic rings. The van der Waals surface area contributed by atoms with Crippen molar-refractivity contribution in [3.05, 3.63) is 42.5 Å². The lowest BCUT2D eigenvalue weighted by atomic mass is 10.2. The van der Waals surface area contributed by atoms with Crippen LogP contribution in [0.1, 0.15) is 5.69 Å². The van der Waals surface area contributed by atoms with Gasteiger partial charge in [0.15, 0.2) is 0 Å². The minimum Gasteiger partial charge on any atom is -0.390 e. The van der Waals surface area contributed by atoms with Crippen molar-refractivity contribution >= 4 is 11.0 Å². The third-order valence-electron chi connectivity index (χ3n) is 2.42. The molecule has 0 radical (unpaired) electrons. The van der Waals surface area contributed by atoms with Gasteiger partial charge in [0, 0.05) is 12.4 Å². The van der Waals surface area contributed by atoms with Gasteiger partial charge in [-0.25, -0.2) is 4.68 Å². The van der Waals surface area contributed by atoms with Crippen LogP contribution in [-0.4, -0.2) is 30.1 Å². The van der Waals surface area contributed by atoms with Gasteiger partial charge < -0.3 is 5.11 Å². The third-order valence-corrected chi connectivity index (χ3v) is 2.42. The topological polar surface area (TPSA) is 76.7 Å². The van der Waals surface area contributed by atoms with Gasteiger partial charge >= 0.3 is 0 Å². The molecule has 17 heavy (non-hydrogen) atoms. The molecule has 0 saturated carbocycles. The first-order valence-electron chi connectivity index (χ1n) is 5.10. The average Bonchev–Trinajstić information content (AvgIpc) is 2.87. The molecule has 0 saturated heterocycles. The second-order valence-electron chi connectivity index (χ2n) is 3.54. The molecule has 2 heterocycles. The Balaban J connectivity index is 2.11. The van der Waals surface area contributed by atoms with Crippen LogP contribution in [0.2, 0.25) is 0 Å². The Hall–Kier alpha value is -2.34. The largest absolute Gasteiger partial charge is 0.390 e. The molecule has 1 aromatic carbocycles. The summed E-state index contributed by atoms with van der Waals surface area (Å²) in [5, 5.41) is 16.7. The van der Waals surface area contributed by atoms with Crippen LogP contribution in [0.4, 0.5) is 0 Å². The van der Waals surface area contributed by atoms with Crippen molar-refractivity contribution in [2.24, 2.45) is 0 Å². The maximum absolute atomic E-state index is 8.93. The highest BCUT2D eigenvalue weighted by Gasteiger charge is 2.03. The summed E-state index contributed by atoms with van der Waals surface area (Å²) >= 11 is 0. The van der Waals surface area contributed by atoms with Gasteiger partial charge in [-0.2, -0.15) is 0 Å². The van der Waals surface area contributed by atoms with Crippen LogP contribution in [0, 0.1) is 0 Å². The summed E-state index contributed by atoms with van der Waals surface area (Å²) in [4.78, 5) is 8.41. The first-order valence-corrected chi connectivity index (χ1v) is 5.10. The Morgan fingerprint density at radius 3 is 2.71 bits per heavy atom. The number of benzene rings is 1. The molecule has 0 fully saturated rings. The molecule has 6 heteroatoms. The minimum absolute atomic E-state index is 0.118. The molecule has 0 unspecified atom stereocenters. The zero-order valence-corrected chi connectivity index (χ0v) is 8.85. The van der Waals surface area contributed by atoms with Crippen molar-refractivity contribution in [1.82, 2.24) is 25.0 Å². The summed E-state index contributed by atoms with van der Waals surface area (Å²) in [5.41, 5.74) is 3.00. The standard InChI is InChI=1S/C11H9N5O/c17-7-8-6-16(15-14-8)9-1-2-10-11(5-9)13-4-3-12-10/h1-6,17H,7H2. The number of rotatable bonds is 2. The fraction of sp³-hybridized carbons (Fsp3) is 0.0909. The zero-order valence-electron chi connectivity index (χ0n) is 8.85. The monoisotopic (exact) mass is 227 g/mol. The number of aliphatic hydroxyl groups excluding tert-OH is 1. The van der Waals surface area contributed by atoms with Crippen LogP contribution in [-0.2, 0) is 6.61 Å². The van der Waals surface area contributed by atoms with E-state index in [1.807, 2.05) is 18.2 Å². The summed E-state index contributed by atoms with van der Waals surface area (Å²) in [6.45, 7) is -0.118. The van der Waals surface area contributed by atoms with E-state index in [0.29, 0.717) is 5.69 Å². The van der Waals surface area contributed by atoms with Crippen LogP contribution in [0.25, 0.3) is 16.7 Å². The Morgan fingerprint density at radius 2 is 1.94 bits per heavy atom. The zero-order chi connectivity index (χ0) is 11.7. The normalized spacial score (nSPS) is 10.9. The molecule has 2 aromatic heterocycles. The van der Waals surface area contributed by atoms with E-state index in [1.54, 1.807) is 23.3 Å². The van der Waals surface area contributed by atoms with Gasteiger partial charge in [0.2, 0.25) is 0 Å². The maximum Gasteiger partial charge on any atom is 0.109 e. The quantitative estimate of drug-likeness (QED) is 0.697. The first kappa shape index (κ1) is 9.86. The van der Waals surface area contributed by atoms with E-state index in [9.17, 15) is 0 Å². The molecular weight excluding hydrogens is 218 g/mol. The number of hydrogen-bond donors (Lipinski definition) is 1. The lowest BCUT2D eigenvalue weighted by Crippen LogP contribution is -1.95. The van der Waals surface area contributed by atoms with E-state index in [1.165, 1.54) is 0 Å². The fourth-order valence-electron chi connectivity index (χ4n) is 1.59. The molecule has 0 spiro atoms. The number of aromatic nitrogens is 5. The lowest BCUT2D eigenvalue weighted by molar-refractivity contribution is 0.276. The molecule has 84 valence electrons. The van der Waals surface area contributed by atoms with Crippen molar-refractivity contribution in [2.75, 3.05) is 0 Å². The molecule has 0 amide bonds. The second-order valence-corrected chi connectivity index (χ2v) is 3.54. The fourth-order valence-corrected chi connectivity index (χ4v) is 1.59. The second kappa shape index (κ2) is 3.91. The van der Waals surface area contributed by atoms with Crippen molar-refractivity contribution in [2.45, 2.75) is 6.61 Å². The number of fused-ring (bicyclic) bond motifs is 1. The highest BCUT2D eigenvalue weighted by atomic mass is 16.3. The predicted octanol–water partition coefficient (Wildman–Crippen LogP) is 0.703. The van der Waals surface area contributed by atoms with E-state index in [4.69, 9.17) is 5.11 Å². The molecule has 6 nitrogen and oxygen atoms in total. The van der Waals surface area contributed by atoms with Crippen molar-refractivity contribution in [1.29, 1.82) is 0 Å². The summed E-state index contributed by atoms with van der Waals surface area (Å²) in [6.07, 6.45) is 4.98. The Labute approximate surface area is 96.6 Å². The summed E-state index contributed by atoms with van der Waals surface area (Å²) in [7, 11) is 0. The maximum atomic E-state index is 8.93. The van der Waals surface area contributed by atoms with E-state index < -0.39 is 0 Å². The highest BCUT2D eigenvalue weighted by Crippen LogP contribution is 2.13. The molecule has 0 aliphatic heterocycles. The van der Waals surface area contributed by atoms with E-state index in [0.717, 1.165) is 16.7 Å². The van der Waals surface area contributed by atoms with Crippen LogP contribution >= 0.6 is 0 Å². The molecule has 0 atom stereocenters. The Kier molecular flexibility index (Phi) is 2.27. The lowest BCUT2D eigenvalue weighted by Gasteiger charge is -2.01. The van der Waals surface area contributed by atoms with E-state index >= 15 is 0 Å². The predicted molar refractivity (Wildman–Crippen MR) is 60.4 cm³/mol. The van der Waals surface area contributed by atoms with Gasteiger partial charge in [0.05, 0.1) is 29.5 Å². The molecule has 0 aliphatic carbocycles. The molecule has 0 aliphatic rings. The summed E-state index contributed by atoms with van der Waals surface area (Å²) in [6, 6.07) is 5.63. The van der Waals surface area contributed by atoms with Crippen LogP contribution in [0.3, 0.4) is 0 Å². The van der Waals surface area contributed by atoms with E-state index in [-0.39, 0.29) is 6.61 Å². The van der Waals surface area contributed by atoms with E-state index in [2.05, 4.69) is 20.3 Å². The number of hydrogen-bond acceptors (Lipinski definition) is 5. The summed E-state index contributed by atoms with van der Waals surface area (Å²) in [5.74, 6) is 0. The van der Waals surface area contributed by atoms with Crippen LogP contribution in [0.5, 0.6) is 0 Å². The summed E-state index contributed by atoms with van der Waals surface area (Å²) < 4.78 is 1.60. The third kappa shape index (κ3) is 1.74. The van der Waals surface area contributed by atoms with Gasteiger partial charge in [-0.15, -0.1) is 5.10 Å². The Morgan fingerprint density at radius 1 is 1.12 bits per heavy atom. The SMILES string of the molecule is OCc1cn(-c2ccc3nccnc3c2)nn1. The molecule has 0 bridgehead atoms. The van der Waals surface area contributed by atoms with Gasteiger partial charge in [0.25, 0.3) is 0 Å². The minimum atomic E-state index is -0.118. The highest BCUT2D eigenvalue weighted by molar-refractivity contribution is 5.76. The Bertz CT molecular complexity index is 664. The van der Waals surface area contributed by atoms with Gasteiger partial charge in [0.1, 0.15) is 5.69 Å². The van der Waals surface area contributed by atoms with Gasteiger partial charge in [-0.05, 0) is 18.2 Å². The molecule has 1 N–H and O–H groups in total. The number of aliphatic hydroxyl groups is 1. The molecular formula is C11H9N5O. The number of nitrogens with zero attached hydrogens (tertiary/aromatic N) is 5. The van der Waals surface area contributed by atoms with Crippen LogP contribution in [0.15, 0.2) is 36.8 Å². The average molecular weight is 227 g/mol. The van der Waals surface area contributed by atoms with Gasteiger partial charge in [-0.3, -0.25) is 9.97 Å². The van der Waals surface area contributed by atoms with Gasteiger partial charge in [-0.1, -0.05) is 5.21 Å². The van der Waals surface area contributed by atoms with Crippen molar-refractivity contribution in [3.63, 3.8) is 0 Å². The smallest absolute Gasteiger partial charge is 0.109 e. The van der Waals surface area contributed by atoms with Crippen LogP contribution < -0.4 is 0 Å². The first-order chi connectivity index (χ1) is 8.36.